The summed E-state index contributed by atoms with van der Waals surface area (Å²) in [6, 6.07) is 0. The predicted octanol–water partition coefficient (Wildman–Crippen LogP) is 4.37. The van der Waals surface area contributed by atoms with Gasteiger partial charge in [-0.05, 0) is 73.3 Å². The highest BCUT2D eigenvalue weighted by atomic mass is 16.6. The molecule has 1 aliphatic heterocycles. The maximum Gasteiger partial charge on any atom is 0.306 e. The number of allylic oxidation sites excluding steroid dienone is 4. The van der Waals surface area contributed by atoms with Crippen molar-refractivity contribution in [3.8, 4) is 0 Å². The second-order valence-electron chi connectivity index (χ2n) is 9.60. The Morgan fingerprint density at radius 2 is 1.80 bits per heavy atom. The first-order valence-corrected chi connectivity index (χ1v) is 10.0. The standard InChI is InChI=1S/C22H28O3/c1-20-9-5-15(23)13-14(20)3-4-16-17(20)6-10-21(2)18(16)7-11-22(21)12-8-19(24)25-22/h3-4,13,16-18H,5-12H2,1-2H3/t16?,17?,18?,20?,21?,22-/m1/s1. The zero-order chi connectivity index (χ0) is 17.4. The highest BCUT2D eigenvalue weighted by Crippen LogP contribution is 2.68. The van der Waals surface area contributed by atoms with Gasteiger partial charge in [0.1, 0.15) is 5.60 Å². The minimum atomic E-state index is -0.201. The summed E-state index contributed by atoms with van der Waals surface area (Å²) in [7, 11) is 0. The van der Waals surface area contributed by atoms with Crippen molar-refractivity contribution in [3.05, 3.63) is 23.8 Å². The van der Waals surface area contributed by atoms with Gasteiger partial charge in [0.25, 0.3) is 0 Å². The molecule has 0 aromatic carbocycles. The Labute approximate surface area is 149 Å². The summed E-state index contributed by atoms with van der Waals surface area (Å²) in [5, 5.41) is 0. The average Bonchev–Trinajstić information content (AvgIpc) is 3.10. The quantitative estimate of drug-likeness (QED) is 0.615. The third-order valence-corrected chi connectivity index (χ3v) is 8.85. The number of ether oxygens (including phenoxy) is 1. The molecule has 3 fully saturated rings. The molecular formula is C22H28O3. The van der Waals surface area contributed by atoms with Crippen molar-refractivity contribution in [1.82, 2.24) is 0 Å². The van der Waals surface area contributed by atoms with Gasteiger partial charge in [-0.2, -0.15) is 0 Å². The third kappa shape index (κ3) is 1.88. The van der Waals surface area contributed by atoms with E-state index in [0.29, 0.717) is 30.6 Å². The minimum Gasteiger partial charge on any atom is -0.458 e. The molecule has 0 amide bonds. The topological polar surface area (TPSA) is 43.4 Å². The molecule has 1 saturated heterocycles. The van der Waals surface area contributed by atoms with Crippen molar-refractivity contribution >= 4 is 11.8 Å². The molecule has 0 radical (unpaired) electrons. The molecule has 0 N–H and O–H groups in total. The summed E-state index contributed by atoms with van der Waals surface area (Å²) in [6.45, 7) is 4.78. The highest BCUT2D eigenvalue weighted by molar-refractivity contribution is 5.92. The van der Waals surface area contributed by atoms with Gasteiger partial charge in [0.05, 0.1) is 0 Å². The van der Waals surface area contributed by atoms with Crippen LogP contribution in [0.1, 0.15) is 65.2 Å². The zero-order valence-electron chi connectivity index (χ0n) is 15.3. The Kier molecular flexibility index (Phi) is 3.08. The van der Waals surface area contributed by atoms with Crippen LogP contribution >= 0.6 is 0 Å². The van der Waals surface area contributed by atoms with Gasteiger partial charge < -0.3 is 4.74 Å². The van der Waals surface area contributed by atoms with Crippen LogP contribution in [0.5, 0.6) is 0 Å². The fourth-order valence-corrected chi connectivity index (χ4v) is 7.29. The zero-order valence-corrected chi connectivity index (χ0v) is 15.3. The number of fused-ring (bicyclic) bond motifs is 6. The van der Waals surface area contributed by atoms with Gasteiger partial charge in [-0.15, -0.1) is 0 Å². The summed E-state index contributed by atoms with van der Waals surface area (Å²) in [5.41, 5.74) is 1.32. The second kappa shape index (κ2) is 4.86. The van der Waals surface area contributed by atoms with Crippen LogP contribution in [-0.2, 0) is 14.3 Å². The first-order chi connectivity index (χ1) is 11.9. The highest BCUT2D eigenvalue weighted by Gasteiger charge is 2.66. The van der Waals surface area contributed by atoms with Gasteiger partial charge in [-0.25, -0.2) is 0 Å². The Morgan fingerprint density at radius 3 is 2.56 bits per heavy atom. The molecule has 25 heavy (non-hydrogen) atoms. The average molecular weight is 340 g/mol. The molecule has 3 nitrogen and oxygen atoms in total. The van der Waals surface area contributed by atoms with Crippen molar-refractivity contribution < 1.29 is 14.3 Å². The Balaban J connectivity index is 1.53. The molecule has 0 bridgehead atoms. The largest absolute Gasteiger partial charge is 0.458 e. The number of carbonyl (C=O) groups excluding carboxylic acids is 2. The maximum atomic E-state index is 11.9. The van der Waals surface area contributed by atoms with Crippen LogP contribution in [0.4, 0.5) is 0 Å². The Morgan fingerprint density at radius 1 is 1.00 bits per heavy atom. The van der Waals surface area contributed by atoms with E-state index in [-0.39, 0.29) is 28.2 Å². The van der Waals surface area contributed by atoms with Crippen molar-refractivity contribution in [2.24, 2.45) is 28.6 Å². The fourth-order valence-electron chi connectivity index (χ4n) is 7.29. The third-order valence-electron chi connectivity index (χ3n) is 8.85. The van der Waals surface area contributed by atoms with Gasteiger partial charge in [0.2, 0.25) is 0 Å². The summed E-state index contributed by atoms with van der Waals surface area (Å²) in [6.07, 6.45) is 14.3. The van der Waals surface area contributed by atoms with E-state index in [1.54, 1.807) is 0 Å². The predicted molar refractivity (Wildman–Crippen MR) is 94.7 cm³/mol. The molecule has 2 saturated carbocycles. The van der Waals surface area contributed by atoms with Gasteiger partial charge in [-0.1, -0.05) is 26.0 Å². The Hall–Kier alpha value is -1.38. The van der Waals surface area contributed by atoms with Crippen molar-refractivity contribution in [2.75, 3.05) is 0 Å². The van der Waals surface area contributed by atoms with E-state index in [1.807, 2.05) is 6.08 Å². The lowest BCUT2D eigenvalue weighted by Crippen LogP contribution is -2.53. The molecule has 1 heterocycles. The van der Waals surface area contributed by atoms with E-state index in [4.69, 9.17) is 4.74 Å². The number of hydrogen-bond acceptors (Lipinski definition) is 3. The number of ketones is 1. The molecule has 134 valence electrons. The molecule has 5 aliphatic rings. The summed E-state index contributed by atoms with van der Waals surface area (Å²) < 4.78 is 5.99. The summed E-state index contributed by atoms with van der Waals surface area (Å²) >= 11 is 0. The first-order valence-electron chi connectivity index (χ1n) is 10.0. The first kappa shape index (κ1) is 15.8. The SMILES string of the molecule is CC12CCC(=O)C=C1C=CC1C2CCC2(C)C1CC[C@@]21CCC(=O)O1. The molecule has 0 aromatic rings. The smallest absolute Gasteiger partial charge is 0.306 e. The lowest BCUT2D eigenvalue weighted by molar-refractivity contribution is -0.165. The number of carbonyl (C=O) groups is 2. The number of esters is 1. The number of hydrogen-bond donors (Lipinski definition) is 0. The lowest BCUT2D eigenvalue weighted by Gasteiger charge is -2.57. The van der Waals surface area contributed by atoms with Crippen LogP contribution in [0, 0.1) is 28.6 Å². The normalized spacial score (nSPS) is 51.0. The molecule has 5 unspecified atom stereocenters. The molecule has 5 rings (SSSR count). The summed E-state index contributed by atoms with van der Waals surface area (Å²) in [4.78, 5) is 23.8. The maximum absolute atomic E-state index is 11.9. The Bertz CT molecular complexity index is 719. The van der Waals surface area contributed by atoms with Crippen LogP contribution in [0.2, 0.25) is 0 Å². The molecule has 1 spiro atoms. The van der Waals surface area contributed by atoms with Crippen LogP contribution in [-0.4, -0.2) is 17.4 Å². The molecule has 3 heteroatoms. The van der Waals surface area contributed by atoms with Crippen LogP contribution in [0.25, 0.3) is 0 Å². The second-order valence-corrected chi connectivity index (χ2v) is 9.60. The van der Waals surface area contributed by atoms with Crippen molar-refractivity contribution in [2.45, 2.75) is 70.8 Å². The van der Waals surface area contributed by atoms with Crippen LogP contribution in [0.15, 0.2) is 23.8 Å². The molecular weight excluding hydrogens is 312 g/mol. The molecule has 0 aromatic heterocycles. The lowest BCUT2D eigenvalue weighted by atomic mass is 9.48. The molecule has 4 aliphatic carbocycles. The van der Waals surface area contributed by atoms with E-state index in [2.05, 4.69) is 26.0 Å². The van der Waals surface area contributed by atoms with Crippen molar-refractivity contribution in [1.29, 1.82) is 0 Å². The fraction of sp³-hybridized carbons (Fsp3) is 0.727. The van der Waals surface area contributed by atoms with E-state index >= 15 is 0 Å². The van der Waals surface area contributed by atoms with E-state index < -0.39 is 0 Å². The number of rotatable bonds is 0. The minimum absolute atomic E-state index is 0.00570. The monoisotopic (exact) mass is 340 g/mol. The van der Waals surface area contributed by atoms with Crippen LogP contribution in [0.3, 0.4) is 0 Å². The van der Waals surface area contributed by atoms with Crippen molar-refractivity contribution in [3.63, 3.8) is 0 Å². The van der Waals surface area contributed by atoms with Gasteiger partial charge >= 0.3 is 5.97 Å². The van der Waals surface area contributed by atoms with Gasteiger partial charge in [0, 0.05) is 18.3 Å². The van der Waals surface area contributed by atoms with Gasteiger partial charge in [0.15, 0.2) is 5.78 Å². The van der Waals surface area contributed by atoms with Crippen LogP contribution < -0.4 is 0 Å². The van der Waals surface area contributed by atoms with E-state index in [9.17, 15) is 9.59 Å². The van der Waals surface area contributed by atoms with Gasteiger partial charge in [-0.3, -0.25) is 9.59 Å². The van der Waals surface area contributed by atoms with E-state index in [1.165, 1.54) is 18.4 Å². The van der Waals surface area contributed by atoms with E-state index in [0.717, 1.165) is 25.7 Å². The summed E-state index contributed by atoms with van der Waals surface area (Å²) in [5.74, 6) is 2.08. The molecule has 6 atom stereocenters.